The van der Waals surface area contributed by atoms with Gasteiger partial charge in [-0.25, -0.2) is 9.18 Å². The molecule has 1 saturated carbocycles. The molecule has 38 heavy (non-hydrogen) atoms. The lowest BCUT2D eigenvalue weighted by molar-refractivity contribution is -0.0757. The largest absolute Gasteiger partial charge is 0.482 e. The van der Waals surface area contributed by atoms with E-state index in [0.717, 1.165) is 69.2 Å². The number of fused-ring (bicyclic) bond motifs is 2. The number of hydrogen-bond donors (Lipinski definition) is 1. The summed E-state index contributed by atoms with van der Waals surface area (Å²) in [6.07, 6.45) is 6.22. The van der Waals surface area contributed by atoms with Gasteiger partial charge in [-0.1, -0.05) is 17.3 Å². The molecule has 2 aliphatic heterocycles. The summed E-state index contributed by atoms with van der Waals surface area (Å²) < 4.78 is 35.6. The predicted octanol–water partition coefficient (Wildman–Crippen LogP) is 5.62. The quantitative estimate of drug-likeness (QED) is 0.449. The molecule has 1 aromatic heterocycles. The van der Waals surface area contributed by atoms with Crippen molar-refractivity contribution in [3.63, 3.8) is 0 Å². The van der Waals surface area contributed by atoms with Crippen LogP contribution in [0.15, 0.2) is 47.0 Å². The van der Waals surface area contributed by atoms with E-state index in [9.17, 15) is 9.18 Å². The second-order valence-electron chi connectivity index (χ2n) is 10.7. The summed E-state index contributed by atoms with van der Waals surface area (Å²) in [6.45, 7) is 3.37. The first-order valence-corrected chi connectivity index (χ1v) is 13.7. The van der Waals surface area contributed by atoms with Crippen molar-refractivity contribution in [3.8, 4) is 11.5 Å². The van der Waals surface area contributed by atoms with Crippen molar-refractivity contribution >= 4 is 17.1 Å². The van der Waals surface area contributed by atoms with Crippen molar-refractivity contribution in [2.75, 3.05) is 26.2 Å². The maximum Gasteiger partial charge on any atom is 0.410 e. The van der Waals surface area contributed by atoms with Gasteiger partial charge >= 0.3 is 6.09 Å². The molecule has 1 saturated heterocycles. The average molecular weight is 524 g/mol. The normalized spacial score (nSPS) is 24.3. The van der Waals surface area contributed by atoms with Crippen LogP contribution in [0.4, 0.5) is 9.18 Å². The van der Waals surface area contributed by atoms with E-state index in [1.54, 1.807) is 12.1 Å². The fourth-order valence-electron chi connectivity index (χ4n) is 5.99. The fraction of sp³-hybridized carbons (Fsp3) is 0.517. The van der Waals surface area contributed by atoms with Gasteiger partial charge in [0.1, 0.15) is 5.82 Å². The third-order valence-electron chi connectivity index (χ3n) is 8.18. The van der Waals surface area contributed by atoms with Crippen LogP contribution in [-0.4, -0.2) is 54.7 Å². The molecular formula is C29H34FN3O5. The van der Waals surface area contributed by atoms with Crippen molar-refractivity contribution in [1.29, 1.82) is 0 Å². The van der Waals surface area contributed by atoms with Gasteiger partial charge in [-0.15, -0.1) is 0 Å². The fourth-order valence-corrected chi connectivity index (χ4v) is 5.99. The number of aromatic nitrogens is 1. The zero-order valence-corrected chi connectivity index (χ0v) is 21.4. The number of carbonyl (C=O) groups excluding carboxylic acids is 1. The number of hydrogen-bond acceptors (Lipinski definition) is 7. The van der Waals surface area contributed by atoms with Crippen molar-refractivity contribution < 1.29 is 27.9 Å². The first-order valence-electron chi connectivity index (χ1n) is 13.7. The second kappa shape index (κ2) is 11.2. The monoisotopic (exact) mass is 523 g/mol. The number of alkyl carbamates (subject to hydrolysis) is 1. The molecule has 1 unspecified atom stereocenters. The molecule has 0 bridgehead atoms. The molecule has 2 aromatic carbocycles. The lowest BCUT2D eigenvalue weighted by atomic mass is 9.84. The molecule has 1 aliphatic carbocycles. The van der Waals surface area contributed by atoms with Crippen molar-refractivity contribution in [1.82, 2.24) is 15.4 Å². The molecule has 0 spiro atoms. The summed E-state index contributed by atoms with van der Waals surface area (Å²) in [5.41, 5.74) is 1.50. The van der Waals surface area contributed by atoms with Gasteiger partial charge in [-0.3, -0.25) is 0 Å². The molecule has 202 valence electrons. The Balaban J connectivity index is 0.885. The summed E-state index contributed by atoms with van der Waals surface area (Å²) >= 11 is 0. The number of likely N-dealkylation sites (tertiary alicyclic amines) is 1. The van der Waals surface area contributed by atoms with Gasteiger partial charge in [0.15, 0.2) is 23.7 Å². The van der Waals surface area contributed by atoms with E-state index in [1.807, 2.05) is 18.2 Å². The van der Waals surface area contributed by atoms with Crippen LogP contribution in [0.25, 0.3) is 11.0 Å². The average Bonchev–Trinajstić information content (AvgIpc) is 3.36. The first-order chi connectivity index (χ1) is 18.6. The van der Waals surface area contributed by atoms with E-state index in [4.69, 9.17) is 18.7 Å². The number of piperidine rings is 1. The second-order valence-corrected chi connectivity index (χ2v) is 10.7. The Morgan fingerprint density at radius 3 is 2.66 bits per heavy atom. The van der Waals surface area contributed by atoms with Crippen LogP contribution < -0.4 is 14.8 Å². The van der Waals surface area contributed by atoms with Crippen LogP contribution in [0.3, 0.4) is 0 Å². The highest BCUT2D eigenvalue weighted by molar-refractivity contribution is 5.79. The van der Waals surface area contributed by atoms with Gasteiger partial charge in [0.05, 0.1) is 5.69 Å². The zero-order valence-electron chi connectivity index (χ0n) is 21.4. The van der Waals surface area contributed by atoms with Crippen molar-refractivity contribution in [2.45, 2.75) is 63.2 Å². The van der Waals surface area contributed by atoms with Crippen LogP contribution in [0.5, 0.6) is 11.5 Å². The number of carbonyl (C=O) groups is 1. The molecule has 8 nitrogen and oxygen atoms in total. The molecule has 3 aliphatic rings. The molecule has 3 heterocycles. The summed E-state index contributed by atoms with van der Waals surface area (Å²) in [6, 6.07) is 12.2. The zero-order chi connectivity index (χ0) is 25.9. The number of nitrogens with one attached hydrogen (secondary N) is 1. The van der Waals surface area contributed by atoms with Crippen LogP contribution in [0, 0.1) is 11.7 Å². The molecule has 6 rings (SSSR count). The van der Waals surface area contributed by atoms with Crippen molar-refractivity contribution in [2.24, 2.45) is 5.92 Å². The Hall–Kier alpha value is -3.33. The summed E-state index contributed by atoms with van der Waals surface area (Å²) in [4.78, 5) is 14.9. The molecule has 1 atom stereocenters. The minimum absolute atomic E-state index is 0.136. The van der Waals surface area contributed by atoms with Gasteiger partial charge in [-0.05, 0) is 94.8 Å². The van der Waals surface area contributed by atoms with Gasteiger partial charge < -0.3 is 29.0 Å². The molecular weight excluding hydrogens is 489 g/mol. The Labute approximate surface area is 221 Å². The number of amides is 1. The summed E-state index contributed by atoms with van der Waals surface area (Å²) in [5, 5.41) is 8.20. The van der Waals surface area contributed by atoms with E-state index in [2.05, 4.69) is 15.4 Å². The number of rotatable bonds is 6. The highest BCUT2D eigenvalue weighted by atomic mass is 19.1. The third-order valence-corrected chi connectivity index (χ3v) is 8.18. The summed E-state index contributed by atoms with van der Waals surface area (Å²) in [7, 11) is 0. The van der Waals surface area contributed by atoms with Gasteiger partial charge in [0.25, 0.3) is 6.29 Å². The Bertz CT molecular complexity index is 1250. The van der Waals surface area contributed by atoms with Gasteiger partial charge in [0.2, 0.25) is 0 Å². The third kappa shape index (κ3) is 5.72. The molecule has 3 aromatic rings. The first kappa shape index (κ1) is 25.0. The molecule has 2 fully saturated rings. The minimum Gasteiger partial charge on any atom is -0.482 e. The van der Waals surface area contributed by atoms with Gasteiger partial charge in [-0.2, -0.15) is 0 Å². The topological polar surface area (TPSA) is 86.1 Å². The Morgan fingerprint density at radius 2 is 1.84 bits per heavy atom. The van der Waals surface area contributed by atoms with E-state index in [-0.39, 0.29) is 18.5 Å². The molecule has 0 radical (unpaired) electrons. The number of para-hydroxylation sites is 2. The number of halogens is 1. The highest BCUT2D eigenvalue weighted by Crippen LogP contribution is 2.34. The van der Waals surface area contributed by atoms with E-state index in [0.29, 0.717) is 28.9 Å². The lowest BCUT2D eigenvalue weighted by Crippen LogP contribution is -2.42. The minimum atomic E-state index is -0.739. The van der Waals surface area contributed by atoms with Crippen LogP contribution in [0.2, 0.25) is 0 Å². The van der Waals surface area contributed by atoms with Crippen LogP contribution in [0.1, 0.15) is 56.6 Å². The maximum absolute atomic E-state index is 13.5. The Morgan fingerprint density at radius 1 is 1.05 bits per heavy atom. The number of nitrogens with zero attached hydrogens (tertiary/aromatic N) is 2. The predicted molar refractivity (Wildman–Crippen MR) is 139 cm³/mol. The van der Waals surface area contributed by atoms with Crippen LogP contribution in [-0.2, 0) is 4.74 Å². The van der Waals surface area contributed by atoms with E-state index >= 15 is 0 Å². The van der Waals surface area contributed by atoms with Crippen LogP contribution >= 0.6 is 0 Å². The summed E-state index contributed by atoms with van der Waals surface area (Å²) in [5.74, 6) is 2.00. The van der Waals surface area contributed by atoms with Gasteiger partial charge in [0, 0.05) is 23.4 Å². The Kier molecular flexibility index (Phi) is 7.35. The van der Waals surface area contributed by atoms with Crippen molar-refractivity contribution in [3.05, 3.63) is 54.0 Å². The molecule has 1 N–H and O–H groups in total. The van der Waals surface area contributed by atoms with E-state index in [1.165, 1.54) is 18.6 Å². The standard InChI is InChI=1S/C29H34FN3O5/c30-21-7-10-23-26(17-21)38-32-28(23)20-12-15-33(16-13-20)14-11-19-5-8-22(9-6-19)31-29(34)37-27-18-35-24-3-1-2-4-25(24)36-27/h1-4,7,10,17,19-20,22,27H,5-6,8-9,11-16,18H2,(H,31,34). The maximum atomic E-state index is 13.5. The number of benzene rings is 2. The lowest BCUT2D eigenvalue weighted by Gasteiger charge is -2.34. The molecule has 1 amide bonds. The molecule has 9 heteroatoms. The van der Waals surface area contributed by atoms with E-state index < -0.39 is 12.4 Å². The number of ether oxygens (including phenoxy) is 3. The smallest absolute Gasteiger partial charge is 0.410 e. The SMILES string of the molecule is O=C(NC1CCC(CCN2CCC(c3noc4cc(F)ccc34)CC2)CC1)OC1COc2ccccc2O1. The highest BCUT2D eigenvalue weighted by Gasteiger charge is 2.29.